The highest BCUT2D eigenvalue weighted by atomic mass is 16.5. The maximum absolute atomic E-state index is 5.39. The van der Waals surface area contributed by atoms with Crippen molar-refractivity contribution in [3.05, 3.63) is 23.9 Å². The van der Waals surface area contributed by atoms with E-state index in [1.165, 1.54) is 0 Å². The highest BCUT2D eigenvalue weighted by molar-refractivity contribution is 5.17. The molecule has 1 rings (SSSR count). The van der Waals surface area contributed by atoms with Crippen LogP contribution in [-0.4, -0.2) is 24.7 Å². The number of pyridine rings is 1. The number of nitrogens with two attached hydrogens (primary N) is 1. The minimum absolute atomic E-state index is 0.654. The molecule has 0 aliphatic heterocycles. The van der Waals surface area contributed by atoms with Crippen molar-refractivity contribution in [2.24, 2.45) is 5.73 Å². The second kappa shape index (κ2) is 7.20. The zero-order valence-electron chi connectivity index (χ0n) is 9.20. The highest BCUT2D eigenvalue weighted by Gasteiger charge is 1.95. The zero-order valence-corrected chi connectivity index (χ0v) is 9.20. The maximum Gasteiger partial charge on any atom is 0.213 e. The van der Waals surface area contributed by atoms with Crippen LogP contribution in [0, 0.1) is 0 Å². The normalized spacial score (nSPS) is 10.3. The van der Waals surface area contributed by atoms with Gasteiger partial charge in [-0.05, 0) is 32.0 Å². The molecule has 0 aromatic carbocycles. The highest BCUT2D eigenvalue weighted by Crippen LogP contribution is 2.06. The Morgan fingerprint density at radius 3 is 2.93 bits per heavy atom. The van der Waals surface area contributed by atoms with E-state index >= 15 is 0 Å². The van der Waals surface area contributed by atoms with Gasteiger partial charge in [-0.1, -0.05) is 6.07 Å². The van der Waals surface area contributed by atoms with Gasteiger partial charge in [0.05, 0.1) is 6.61 Å². The molecule has 1 aromatic heterocycles. The molecule has 0 amide bonds. The van der Waals surface area contributed by atoms with Gasteiger partial charge < -0.3 is 15.8 Å². The Morgan fingerprint density at radius 2 is 2.33 bits per heavy atom. The lowest BCUT2D eigenvalue weighted by Gasteiger charge is -2.05. The van der Waals surface area contributed by atoms with Crippen molar-refractivity contribution >= 4 is 0 Å². The molecule has 84 valence electrons. The van der Waals surface area contributed by atoms with Crippen molar-refractivity contribution in [2.75, 3.05) is 19.7 Å². The topological polar surface area (TPSA) is 60.2 Å². The fraction of sp³-hybridized carbons (Fsp3) is 0.545. The van der Waals surface area contributed by atoms with Crippen molar-refractivity contribution < 1.29 is 4.74 Å². The second-order valence-corrected chi connectivity index (χ2v) is 3.26. The van der Waals surface area contributed by atoms with E-state index < -0.39 is 0 Å². The number of nitrogens with one attached hydrogen (secondary N) is 1. The molecule has 4 heteroatoms. The summed E-state index contributed by atoms with van der Waals surface area (Å²) in [5.74, 6) is 0.684. The zero-order chi connectivity index (χ0) is 10.9. The van der Waals surface area contributed by atoms with Gasteiger partial charge in [-0.25, -0.2) is 4.98 Å². The third-order valence-electron chi connectivity index (χ3n) is 1.98. The Labute approximate surface area is 90.8 Å². The molecule has 1 aromatic rings. The van der Waals surface area contributed by atoms with Crippen LogP contribution in [0.15, 0.2) is 18.3 Å². The number of hydrogen-bond acceptors (Lipinski definition) is 4. The molecule has 0 saturated heterocycles. The largest absolute Gasteiger partial charge is 0.478 e. The Hall–Kier alpha value is -1.13. The number of rotatable bonds is 7. The van der Waals surface area contributed by atoms with Crippen LogP contribution in [0.1, 0.15) is 18.9 Å². The molecule has 0 aliphatic rings. The van der Waals surface area contributed by atoms with E-state index in [4.69, 9.17) is 10.5 Å². The molecule has 0 saturated carbocycles. The number of hydrogen-bond donors (Lipinski definition) is 2. The molecule has 15 heavy (non-hydrogen) atoms. The molecule has 0 fully saturated rings. The van der Waals surface area contributed by atoms with Crippen LogP contribution in [0.5, 0.6) is 5.88 Å². The first-order valence-corrected chi connectivity index (χ1v) is 5.35. The smallest absolute Gasteiger partial charge is 0.213 e. The fourth-order valence-electron chi connectivity index (χ4n) is 1.21. The fourth-order valence-corrected chi connectivity index (χ4v) is 1.21. The van der Waals surface area contributed by atoms with Gasteiger partial charge in [0.2, 0.25) is 5.88 Å². The SMILES string of the molecule is CCOc1ccc(CNCCCN)cn1. The van der Waals surface area contributed by atoms with Gasteiger partial charge in [0, 0.05) is 18.8 Å². The Balaban J connectivity index is 2.29. The molecule has 0 bridgehead atoms. The molecular weight excluding hydrogens is 190 g/mol. The molecule has 0 radical (unpaired) electrons. The number of aromatic nitrogens is 1. The van der Waals surface area contributed by atoms with Crippen molar-refractivity contribution in [3.8, 4) is 5.88 Å². The molecule has 0 atom stereocenters. The first-order valence-electron chi connectivity index (χ1n) is 5.35. The van der Waals surface area contributed by atoms with Crippen LogP contribution in [0.3, 0.4) is 0 Å². The lowest BCUT2D eigenvalue weighted by molar-refractivity contribution is 0.326. The average Bonchev–Trinajstić information content (AvgIpc) is 2.27. The predicted octanol–water partition coefficient (Wildman–Crippen LogP) is 0.919. The van der Waals surface area contributed by atoms with Crippen LogP contribution in [0.2, 0.25) is 0 Å². The van der Waals surface area contributed by atoms with Crippen molar-refractivity contribution in [3.63, 3.8) is 0 Å². The summed E-state index contributed by atoms with van der Waals surface area (Å²) < 4.78 is 5.26. The monoisotopic (exact) mass is 209 g/mol. The quantitative estimate of drug-likeness (QED) is 0.656. The summed E-state index contributed by atoms with van der Waals surface area (Å²) in [5, 5.41) is 3.29. The second-order valence-electron chi connectivity index (χ2n) is 3.26. The third kappa shape index (κ3) is 4.76. The van der Waals surface area contributed by atoms with Crippen molar-refractivity contribution in [1.29, 1.82) is 0 Å². The first kappa shape index (κ1) is 11.9. The van der Waals surface area contributed by atoms with E-state index in [-0.39, 0.29) is 0 Å². The Bertz CT molecular complexity index is 261. The van der Waals surface area contributed by atoms with E-state index in [1.807, 2.05) is 25.3 Å². The summed E-state index contributed by atoms with van der Waals surface area (Å²) in [6.45, 7) is 5.11. The van der Waals surface area contributed by atoms with Gasteiger partial charge in [-0.15, -0.1) is 0 Å². The molecule has 3 N–H and O–H groups in total. The summed E-state index contributed by atoms with van der Waals surface area (Å²) >= 11 is 0. The number of ether oxygens (including phenoxy) is 1. The van der Waals surface area contributed by atoms with Gasteiger partial charge in [0.15, 0.2) is 0 Å². The molecule has 0 aliphatic carbocycles. The Morgan fingerprint density at radius 1 is 1.47 bits per heavy atom. The summed E-state index contributed by atoms with van der Waals surface area (Å²) in [5.41, 5.74) is 6.55. The van der Waals surface area contributed by atoms with Crippen LogP contribution in [-0.2, 0) is 6.54 Å². The van der Waals surface area contributed by atoms with Crippen LogP contribution in [0.4, 0.5) is 0 Å². The van der Waals surface area contributed by atoms with E-state index in [9.17, 15) is 0 Å². The van der Waals surface area contributed by atoms with Crippen LogP contribution in [0.25, 0.3) is 0 Å². The van der Waals surface area contributed by atoms with Crippen molar-refractivity contribution in [2.45, 2.75) is 19.9 Å². The van der Waals surface area contributed by atoms with E-state index in [0.717, 1.165) is 31.6 Å². The van der Waals surface area contributed by atoms with E-state index in [1.54, 1.807) is 0 Å². The lowest BCUT2D eigenvalue weighted by atomic mass is 10.3. The minimum Gasteiger partial charge on any atom is -0.478 e. The van der Waals surface area contributed by atoms with Gasteiger partial charge in [-0.3, -0.25) is 0 Å². The number of nitrogens with zero attached hydrogens (tertiary/aromatic N) is 1. The third-order valence-corrected chi connectivity index (χ3v) is 1.98. The first-order chi connectivity index (χ1) is 7.36. The molecule has 0 spiro atoms. The summed E-state index contributed by atoms with van der Waals surface area (Å²) in [7, 11) is 0. The molecule has 0 unspecified atom stereocenters. The van der Waals surface area contributed by atoms with Crippen LogP contribution < -0.4 is 15.8 Å². The summed E-state index contributed by atoms with van der Waals surface area (Å²) in [6.07, 6.45) is 2.84. The molecule has 1 heterocycles. The van der Waals surface area contributed by atoms with Gasteiger partial charge >= 0.3 is 0 Å². The van der Waals surface area contributed by atoms with Gasteiger partial charge in [0.1, 0.15) is 0 Å². The van der Waals surface area contributed by atoms with Crippen molar-refractivity contribution in [1.82, 2.24) is 10.3 Å². The average molecular weight is 209 g/mol. The van der Waals surface area contributed by atoms with E-state index in [0.29, 0.717) is 12.5 Å². The van der Waals surface area contributed by atoms with Gasteiger partial charge in [0.25, 0.3) is 0 Å². The summed E-state index contributed by atoms with van der Waals surface area (Å²) in [6, 6.07) is 3.91. The van der Waals surface area contributed by atoms with Gasteiger partial charge in [-0.2, -0.15) is 0 Å². The maximum atomic E-state index is 5.39. The van der Waals surface area contributed by atoms with E-state index in [2.05, 4.69) is 10.3 Å². The van der Waals surface area contributed by atoms with Crippen LogP contribution >= 0.6 is 0 Å². The molecule has 4 nitrogen and oxygen atoms in total. The lowest BCUT2D eigenvalue weighted by Crippen LogP contribution is -2.17. The standard InChI is InChI=1S/C11H19N3O/c1-2-15-11-5-4-10(9-14-11)8-13-7-3-6-12/h4-5,9,13H,2-3,6-8,12H2,1H3. The predicted molar refractivity (Wildman–Crippen MR) is 60.8 cm³/mol. The minimum atomic E-state index is 0.654. The summed E-state index contributed by atoms with van der Waals surface area (Å²) in [4.78, 5) is 4.18. The molecular formula is C11H19N3O. The Kier molecular flexibility index (Phi) is 5.73.